The topological polar surface area (TPSA) is 72.2 Å². The molecule has 0 bridgehead atoms. The number of benzene rings is 1. The zero-order valence-corrected chi connectivity index (χ0v) is 14.1. The van der Waals surface area contributed by atoms with Crippen molar-refractivity contribution in [2.75, 3.05) is 17.7 Å². The number of rotatable bonds is 6. The summed E-state index contributed by atoms with van der Waals surface area (Å²) in [5.74, 6) is 2.65. The first kappa shape index (κ1) is 16.1. The Labute approximate surface area is 144 Å². The van der Waals surface area contributed by atoms with Gasteiger partial charge in [-0.2, -0.15) is 4.98 Å². The third-order valence-corrected chi connectivity index (χ3v) is 3.52. The van der Waals surface area contributed by atoms with Crippen molar-refractivity contribution in [1.29, 1.82) is 0 Å². The molecule has 0 aliphatic carbocycles. The molecule has 0 unspecified atom stereocenters. The van der Waals surface area contributed by atoms with E-state index in [0.717, 1.165) is 11.5 Å². The van der Waals surface area contributed by atoms with Crippen LogP contribution in [0.4, 0.5) is 17.5 Å². The molecule has 2 aromatic heterocycles. The van der Waals surface area contributed by atoms with Crippen molar-refractivity contribution in [2.24, 2.45) is 0 Å². The molecule has 1 aromatic carbocycles. The Hall–Kier alpha value is -2.73. The molecule has 3 aromatic rings. The zero-order chi connectivity index (χ0) is 16.9. The van der Waals surface area contributed by atoms with Gasteiger partial charge in [-0.25, -0.2) is 4.98 Å². The average Bonchev–Trinajstić information content (AvgIpc) is 3.06. The average molecular weight is 345 g/mol. The van der Waals surface area contributed by atoms with Gasteiger partial charge >= 0.3 is 0 Å². The third-order valence-electron chi connectivity index (χ3n) is 3.29. The minimum absolute atomic E-state index is 0.456. The van der Waals surface area contributed by atoms with Crippen LogP contribution in [0.3, 0.4) is 0 Å². The van der Waals surface area contributed by atoms with Gasteiger partial charge in [-0.05, 0) is 37.3 Å². The number of hydrogen-bond acceptors (Lipinski definition) is 6. The summed E-state index contributed by atoms with van der Waals surface area (Å²) in [5, 5.41) is 6.95. The van der Waals surface area contributed by atoms with E-state index in [4.69, 9.17) is 20.8 Å². The molecular weight excluding hydrogens is 328 g/mol. The number of aromatic nitrogens is 2. The van der Waals surface area contributed by atoms with Crippen molar-refractivity contribution in [3.05, 3.63) is 59.1 Å². The molecule has 0 spiro atoms. The molecule has 0 saturated heterocycles. The van der Waals surface area contributed by atoms with Gasteiger partial charge in [0, 0.05) is 16.8 Å². The molecule has 3 rings (SSSR count). The fourth-order valence-corrected chi connectivity index (χ4v) is 2.38. The van der Waals surface area contributed by atoms with E-state index in [1.165, 1.54) is 0 Å². The maximum atomic E-state index is 6.05. The molecule has 2 N–H and O–H groups in total. The van der Waals surface area contributed by atoms with Crippen LogP contribution in [-0.4, -0.2) is 17.1 Å². The number of hydrogen-bond donors (Lipinski definition) is 2. The predicted octanol–water partition coefficient (Wildman–Crippen LogP) is 4.40. The lowest BCUT2D eigenvalue weighted by atomic mass is 10.3. The lowest BCUT2D eigenvalue weighted by Crippen LogP contribution is -2.05. The van der Waals surface area contributed by atoms with Crippen LogP contribution in [0.5, 0.6) is 5.75 Å². The second kappa shape index (κ2) is 7.23. The molecule has 0 aliphatic rings. The maximum absolute atomic E-state index is 6.05. The quantitative estimate of drug-likeness (QED) is 0.690. The van der Waals surface area contributed by atoms with Gasteiger partial charge in [0.2, 0.25) is 5.95 Å². The molecule has 6 nitrogen and oxygen atoms in total. The molecule has 0 atom stereocenters. The van der Waals surface area contributed by atoms with Crippen molar-refractivity contribution in [3.63, 3.8) is 0 Å². The fraction of sp³-hybridized carbons (Fsp3) is 0.176. The second-order valence-electron chi connectivity index (χ2n) is 5.12. The first-order valence-corrected chi connectivity index (χ1v) is 7.74. The lowest BCUT2D eigenvalue weighted by molar-refractivity contribution is 0.417. The molecule has 2 heterocycles. The highest BCUT2D eigenvalue weighted by atomic mass is 35.5. The van der Waals surface area contributed by atoms with Gasteiger partial charge in [-0.3, -0.25) is 0 Å². The van der Waals surface area contributed by atoms with E-state index in [2.05, 4.69) is 20.6 Å². The molecular formula is C17H17ClN4O2. The first-order chi connectivity index (χ1) is 11.6. The number of aryl methyl sites for hydroxylation is 1. The SMILES string of the molecule is COc1ccc(Cl)cc1Nc1nc(C)cc(NCc2ccco2)n1. The molecule has 124 valence electrons. The molecule has 24 heavy (non-hydrogen) atoms. The Morgan fingerprint density at radius 2 is 2.08 bits per heavy atom. The number of anilines is 3. The minimum atomic E-state index is 0.456. The van der Waals surface area contributed by atoms with Crippen LogP contribution in [0.2, 0.25) is 5.02 Å². The van der Waals surface area contributed by atoms with Gasteiger partial charge in [0.05, 0.1) is 25.6 Å². The summed E-state index contributed by atoms with van der Waals surface area (Å²) in [5.41, 5.74) is 1.53. The van der Waals surface area contributed by atoms with Crippen LogP contribution in [-0.2, 0) is 6.54 Å². The minimum Gasteiger partial charge on any atom is -0.495 e. The summed E-state index contributed by atoms with van der Waals surface area (Å²) in [6.45, 7) is 2.45. The van der Waals surface area contributed by atoms with E-state index >= 15 is 0 Å². The Balaban J connectivity index is 1.79. The van der Waals surface area contributed by atoms with Crippen LogP contribution in [0.25, 0.3) is 0 Å². The van der Waals surface area contributed by atoms with Gasteiger partial charge in [-0.1, -0.05) is 11.6 Å². The van der Waals surface area contributed by atoms with E-state index in [0.29, 0.717) is 34.8 Å². The second-order valence-corrected chi connectivity index (χ2v) is 5.56. The number of ether oxygens (including phenoxy) is 1. The Morgan fingerprint density at radius 3 is 2.83 bits per heavy atom. The van der Waals surface area contributed by atoms with E-state index in [1.807, 2.05) is 25.1 Å². The standard InChI is InChI=1S/C17H17ClN4O2/c1-11-8-16(19-10-13-4-3-7-24-13)22-17(20-11)21-14-9-12(18)5-6-15(14)23-2/h3-9H,10H2,1-2H3,(H2,19,20,21,22). The van der Waals surface area contributed by atoms with Gasteiger partial charge in [-0.15, -0.1) is 0 Å². The summed E-state index contributed by atoms with van der Waals surface area (Å²) in [4.78, 5) is 8.85. The number of nitrogens with one attached hydrogen (secondary N) is 2. The highest BCUT2D eigenvalue weighted by Gasteiger charge is 2.08. The number of furan rings is 1. The lowest BCUT2D eigenvalue weighted by Gasteiger charge is -2.12. The number of methoxy groups -OCH3 is 1. The summed E-state index contributed by atoms with van der Waals surface area (Å²) < 4.78 is 10.6. The highest BCUT2D eigenvalue weighted by molar-refractivity contribution is 6.31. The van der Waals surface area contributed by atoms with E-state index < -0.39 is 0 Å². The van der Waals surface area contributed by atoms with Crippen LogP contribution < -0.4 is 15.4 Å². The van der Waals surface area contributed by atoms with Crippen molar-refractivity contribution in [1.82, 2.24) is 9.97 Å². The van der Waals surface area contributed by atoms with E-state index in [9.17, 15) is 0 Å². The third kappa shape index (κ3) is 3.97. The largest absolute Gasteiger partial charge is 0.495 e. The number of halogens is 1. The fourth-order valence-electron chi connectivity index (χ4n) is 2.20. The van der Waals surface area contributed by atoms with Gasteiger partial charge in [0.15, 0.2) is 0 Å². The maximum Gasteiger partial charge on any atom is 0.229 e. The van der Waals surface area contributed by atoms with Crippen molar-refractivity contribution in [2.45, 2.75) is 13.5 Å². The van der Waals surface area contributed by atoms with Crippen LogP contribution >= 0.6 is 11.6 Å². The zero-order valence-electron chi connectivity index (χ0n) is 13.3. The molecule has 0 radical (unpaired) electrons. The normalized spacial score (nSPS) is 10.5. The summed E-state index contributed by atoms with van der Waals surface area (Å²) in [6.07, 6.45) is 1.64. The summed E-state index contributed by atoms with van der Waals surface area (Å²) in [6, 6.07) is 10.9. The van der Waals surface area contributed by atoms with E-state index in [1.54, 1.807) is 31.6 Å². The van der Waals surface area contributed by atoms with Crippen molar-refractivity contribution >= 4 is 29.1 Å². The highest BCUT2D eigenvalue weighted by Crippen LogP contribution is 2.29. The Morgan fingerprint density at radius 1 is 1.21 bits per heavy atom. The van der Waals surface area contributed by atoms with E-state index in [-0.39, 0.29) is 0 Å². The van der Waals surface area contributed by atoms with Crippen LogP contribution in [0.15, 0.2) is 47.1 Å². The van der Waals surface area contributed by atoms with Crippen LogP contribution in [0.1, 0.15) is 11.5 Å². The molecule has 0 amide bonds. The number of nitrogens with zero attached hydrogens (tertiary/aromatic N) is 2. The van der Waals surface area contributed by atoms with Crippen molar-refractivity contribution < 1.29 is 9.15 Å². The molecule has 0 saturated carbocycles. The monoisotopic (exact) mass is 344 g/mol. The van der Waals surface area contributed by atoms with Gasteiger partial charge in [0.25, 0.3) is 0 Å². The van der Waals surface area contributed by atoms with Gasteiger partial charge < -0.3 is 19.8 Å². The van der Waals surface area contributed by atoms with Gasteiger partial charge in [0.1, 0.15) is 17.3 Å². The van der Waals surface area contributed by atoms with Crippen molar-refractivity contribution in [3.8, 4) is 5.75 Å². The summed E-state index contributed by atoms with van der Waals surface area (Å²) >= 11 is 6.05. The van der Waals surface area contributed by atoms with Crippen LogP contribution in [0, 0.1) is 6.92 Å². The first-order valence-electron chi connectivity index (χ1n) is 7.36. The predicted molar refractivity (Wildman–Crippen MR) is 94.1 cm³/mol. The molecule has 7 heteroatoms. The smallest absolute Gasteiger partial charge is 0.229 e. The molecule has 0 aliphatic heterocycles. The Kier molecular flexibility index (Phi) is 4.86. The summed E-state index contributed by atoms with van der Waals surface area (Å²) in [7, 11) is 1.60. The Bertz CT molecular complexity index is 821. The molecule has 0 fully saturated rings.